The normalized spacial score (nSPS) is 18.4. The van der Waals surface area contributed by atoms with E-state index < -0.39 is 10.0 Å². The van der Waals surface area contributed by atoms with Crippen molar-refractivity contribution in [1.29, 1.82) is 0 Å². The van der Waals surface area contributed by atoms with Crippen LogP contribution in [-0.4, -0.2) is 38.4 Å². The molecule has 1 saturated heterocycles. The maximum absolute atomic E-state index is 12.6. The van der Waals surface area contributed by atoms with Crippen molar-refractivity contribution in [2.24, 2.45) is 5.73 Å². The van der Waals surface area contributed by atoms with E-state index in [1.54, 1.807) is 40.6 Å². The number of piperidine rings is 1. The first-order chi connectivity index (χ1) is 11.5. The molecule has 2 heterocycles. The van der Waals surface area contributed by atoms with Gasteiger partial charge in [0.05, 0.1) is 0 Å². The molecule has 3 rings (SSSR count). The summed E-state index contributed by atoms with van der Waals surface area (Å²) in [7, 11) is -3.62. The van der Waals surface area contributed by atoms with Gasteiger partial charge in [-0.3, -0.25) is 9.52 Å². The first-order valence-corrected chi connectivity index (χ1v) is 10.0. The van der Waals surface area contributed by atoms with E-state index in [1.165, 1.54) is 6.07 Å². The van der Waals surface area contributed by atoms with E-state index in [-0.39, 0.29) is 16.2 Å². The molecule has 1 aromatic heterocycles. The van der Waals surface area contributed by atoms with Crippen molar-refractivity contribution in [2.45, 2.75) is 23.1 Å². The third kappa shape index (κ3) is 3.77. The van der Waals surface area contributed by atoms with Crippen LogP contribution < -0.4 is 10.5 Å². The number of carbonyl (C=O) groups excluding carboxylic acids is 1. The Kier molecular flexibility index (Phi) is 4.88. The van der Waals surface area contributed by atoms with Crippen LogP contribution in [0.4, 0.5) is 5.69 Å². The van der Waals surface area contributed by atoms with Crippen LogP contribution in [0, 0.1) is 0 Å². The van der Waals surface area contributed by atoms with Gasteiger partial charge in [-0.1, -0.05) is 12.1 Å². The molecule has 0 saturated carbocycles. The minimum atomic E-state index is -3.62. The summed E-state index contributed by atoms with van der Waals surface area (Å²) in [6.45, 7) is 1.21. The van der Waals surface area contributed by atoms with Crippen LogP contribution in [0.25, 0.3) is 0 Å². The summed E-state index contributed by atoms with van der Waals surface area (Å²) in [6, 6.07) is 9.77. The average molecular weight is 365 g/mol. The quantitative estimate of drug-likeness (QED) is 0.868. The zero-order chi connectivity index (χ0) is 17.2. The molecule has 1 aliphatic rings. The van der Waals surface area contributed by atoms with Gasteiger partial charge in [0.25, 0.3) is 15.9 Å². The van der Waals surface area contributed by atoms with E-state index in [0.717, 1.165) is 24.2 Å². The lowest BCUT2D eigenvalue weighted by atomic mass is 10.1. The molecule has 0 bridgehead atoms. The summed E-state index contributed by atoms with van der Waals surface area (Å²) in [5, 5.41) is 1.70. The number of nitrogens with one attached hydrogen (secondary N) is 1. The summed E-state index contributed by atoms with van der Waals surface area (Å²) in [6.07, 6.45) is 1.81. The number of benzene rings is 1. The fourth-order valence-electron chi connectivity index (χ4n) is 2.71. The second-order valence-electron chi connectivity index (χ2n) is 5.77. The molecule has 1 unspecified atom stereocenters. The number of likely N-dealkylation sites (tertiary alicyclic amines) is 1. The molecule has 1 amide bonds. The van der Waals surface area contributed by atoms with Crippen molar-refractivity contribution in [1.82, 2.24) is 4.90 Å². The molecule has 0 radical (unpaired) electrons. The van der Waals surface area contributed by atoms with Gasteiger partial charge in [-0.15, -0.1) is 11.3 Å². The number of hydrogen-bond acceptors (Lipinski definition) is 5. The van der Waals surface area contributed by atoms with Crippen LogP contribution in [0.3, 0.4) is 0 Å². The van der Waals surface area contributed by atoms with Gasteiger partial charge in [-0.25, -0.2) is 8.42 Å². The topological polar surface area (TPSA) is 92.5 Å². The lowest BCUT2D eigenvalue weighted by Crippen LogP contribution is -2.45. The number of anilines is 1. The Morgan fingerprint density at radius 2 is 2.12 bits per heavy atom. The Balaban J connectivity index is 1.78. The number of rotatable bonds is 4. The van der Waals surface area contributed by atoms with Crippen molar-refractivity contribution >= 4 is 33.0 Å². The second kappa shape index (κ2) is 6.92. The Morgan fingerprint density at radius 3 is 2.83 bits per heavy atom. The van der Waals surface area contributed by atoms with Crippen molar-refractivity contribution in [2.75, 3.05) is 17.8 Å². The summed E-state index contributed by atoms with van der Waals surface area (Å²) in [5.74, 6) is -0.123. The maximum atomic E-state index is 12.6. The van der Waals surface area contributed by atoms with E-state index >= 15 is 0 Å². The molecular formula is C16H19N3O3S2. The number of hydrogen-bond donors (Lipinski definition) is 2. The van der Waals surface area contributed by atoms with E-state index in [2.05, 4.69) is 4.72 Å². The molecule has 1 atom stereocenters. The van der Waals surface area contributed by atoms with Gasteiger partial charge in [-0.05, 0) is 42.5 Å². The molecule has 128 valence electrons. The zero-order valence-corrected chi connectivity index (χ0v) is 14.6. The van der Waals surface area contributed by atoms with Crippen molar-refractivity contribution in [3.05, 3.63) is 47.3 Å². The minimum absolute atomic E-state index is 0.00298. The molecule has 8 heteroatoms. The lowest BCUT2D eigenvalue weighted by molar-refractivity contribution is 0.0709. The van der Waals surface area contributed by atoms with Gasteiger partial charge in [0.1, 0.15) is 4.21 Å². The third-order valence-electron chi connectivity index (χ3n) is 3.87. The predicted molar refractivity (Wildman–Crippen MR) is 94.7 cm³/mol. The van der Waals surface area contributed by atoms with Gasteiger partial charge in [0.15, 0.2) is 0 Å². The molecule has 2 aromatic rings. The zero-order valence-electron chi connectivity index (χ0n) is 13.0. The highest BCUT2D eigenvalue weighted by Crippen LogP contribution is 2.22. The number of nitrogens with zero attached hydrogens (tertiary/aromatic N) is 1. The number of nitrogens with two attached hydrogens (primary N) is 1. The standard InChI is InChI=1S/C16H19N3O3S2/c17-13-5-2-8-19(11-13)16(20)12-4-1-6-14(10-12)18-24(21,22)15-7-3-9-23-15/h1,3-4,6-7,9-10,13,18H,2,5,8,11,17H2. The SMILES string of the molecule is NC1CCCN(C(=O)c2cccc(NS(=O)(=O)c3cccs3)c2)C1. The lowest BCUT2D eigenvalue weighted by Gasteiger charge is -2.30. The van der Waals surface area contributed by atoms with Crippen LogP contribution in [0.5, 0.6) is 0 Å². The number of amides is 1. The largest absolute Gasteiger partial charge is 0.337 e. The first-order valence-electron chi connectivity index (χ1n) is 7.67. The highest BCUT2D eigenvalue weighted by Gasteiger charge is 2.23. The van der Waals surface area contributed by atoms with E-state index in [0.29, 0.717) is 24.3 Å². The van der Waals surface area contributed by atoms with Gasteiger partial charge < -0.3 is 10.6 Å². The van der Waals surface area contributed by atoms with Crippen molar-refractivity contribution in [3.63, 3.8) is 0 Å². The van der Waals surface area contributed by atoms with Gasteiger partial charge in [0.2, 0.25) is 0 Å². The number of carbonyl (C=O) groups is 1. The maximum Gasteiger partial charge on any atom is 0.271 e. The second-order valence-corrected chi connectivity index (χ2v) is 8.63. The molecule has 3 N–H and O–H groups in total. The predicted octanol–water partition coefficient (Wildman–Crippen LogP) is 2.11. The monoisotopic (exact) mass is 365 g/mol. The molecule has 0 spiro atoms. The molecule has 24 heavy (non-hydrogen) atoms. The van der Waals surface area contributed by atoms with Gasteiger partial charge in [0, 0.05) is 30.4 Å². The van der Waals surface area contributed by atoms with Crippen LogP contribution in [0.15, 0.2) is 46.0 Å². The summed E-state index contributed by atoms with van der Waals surface area (Å²) in [5.41, 5.74) is 6.75. The van der Waals surface area contributed by atoms with Gasteiger partial charge in [-0.2, -0.15) is 0 Å². The van der Waals surface area contributed by atoms with E-state index in [4.69, 9.17) is 5.73 Å². The molecule has 0 aliphatic carbocycles. The van der Waals surface area contributed by atoms with Crippen LogP contribution in [0.2, 0.25) is 0 Å². The van der Waals surface area contributed by atoms with E-state index in [9.17, 15) is 13.2 Å². The molecule has 6 nitrogen and oxygen atoms in total. The smallest absolute Gasteiger partial charge is 0.271 e. The van der Waals surface area contributed by atoms with Crippen LogP contribution in [0.1, 0.15) is 23.2 Å². The number of sulfonamides is 1. The molecule has 1 fully saturated rings. The summed E-state index contributed by atoms with van der Waals surface area (Å²) in [4.78, 5) is 14.3. The fraction of sp³-hybridized carbons (Fsp3) is 0.312. The Morgan fingerprint density at radius 1 is 1.29 bits per heavy atom. The fourth-order valence-corrected chi connectivity index (χ4v) is 4.76. The highest BCUT2D eigenvalue weighted by molar-refractivity contribution is 7.94. The third-order valence-corrected chi connectivity index (χ3v) is 6.65. The van der Waals surface area contributed by atoms with E-state index in [1.807, 2.05) is 0 Å². The highest BCUT2D eigenvalue weighted by atomic mass is 32.2. The average Bonchev–Trinajstić information content (AvgIpc) is 3.09. The first kappa shape index (κ1) is 16.9. The van der Waals surface area contributed by atoms with Crippen LogP contribution in [-0.2, 0) is 10.0 Å². The van der Waals surface area contributed by atoms with Crippen molar-refractivity contribution < 1.29 is 13.2 Å². The molecule has 1 aliphatic heterocycles. The van der Waals surface area contributed by atoms with Crippen LogP contribution >= 0.6 is 11.3 Å². The summed E-state index contributed by atoms with van der Waals surface area (Å²) < 4.78 is 27.3. The Bertz CT molecular complexity index is 819. The number of thiophene rings is 1. The Labute approximate surface area is 145 Å². The van der Waals surface area contributed by atoms with Gasteiger partial charge >= 0.3 is 0 Å². The van der Waals surface area contributed by atoms with Crippen molar-refractivity contribution in [3.8, 4) is 0 Å². The summed E-state index contributed by atoms with van der Waals surface area (Å²) >= 11 is 1.14. The molecule has 1 aromatic carbocycles. The Hall–Kier alpha value is -1.90. The molecular weight excluding hydrogens is 346 g/mol. The minimum Gasteiger partial charge on any atom is -0.337 e.